The van der Waals surface area contributed by atoms with Gasteiger partial charge in [0.05, 0.1) is 21.8 Å². The van der Waals surface area contributed by atoms with Gasteiger partial charge in [-0.1, -0.05) is 29.0 Å². The molecule has 5 nitrogen and oxygen atoms in total. The zero-order valence-electron chi connectivity index (χ0n) is 12.6. The number of rotatable bonds is 2. The molecule has 4 N–H and O–H groups in total. The van der Waals surface area contributed by atoms with E-state index in [2.05, 4.69) is 31.9 Å². The lowest BCUT2D eigenvalue weighted by molar-refractivity contribution is -0.668. The van der Waals surface area contributed by atoms with Gasteiger partial charge in [0, 0.05) is 19.1 Å². The van der Waals surface area contributed by atoms with Crippen molar-refractivity contribution in [1.82, 2.24) is 15.2 Å². The number of anilines is 1. The number of nitrogens with one attached hydrogen (secondary N) is 2. The molecule has 3 saturated heterocycles. The number of fused-ring (bicyclic) bond motifs is 5. The van der Waals surface area contributed by atoms with Gasteiger partial charge in [-0.3, -0.25) is 10.2 Å². The minimum atomic E-state index is 0.215. The molecule has 3 aliphatic heterocycles. The van der Waals surface area contributed by atoms with Gasteiger partial charge in [-0.15, -0.1) is 0 Å². The largest absolute Gasteiger partial charge is 0.312 e. The minimum Gasteiger partial charge on any atom is -0.312 e. The molecule has 6 unspecified atom stereocenters. The molecule has 0 bridgehead atoms. The van der Waals surface area contributed by atoms with E-state index < -0.39 is 0 Å². The van der Waals surface area contributed by atoms with Crippen molar-refractivity contribution >= 4 is 38.3 Å². The molecule has 1 aromatic heterocycles. The summed E-state index contributed by atoms with van der Waals surface area (Å²) in [5, 5.41) is 11.5. The molecule has 120 valence electrons. The van der Waals surface area contributed by atoms with Crippen molar-refractivity contribution in [1.29, 1.82) is 0 Å². The smallest absolute Gasteiger partial charge is 0.219 e. The molecule has 4 aliphatic rings. The number of thiazole rings is 1. The summed E-state index contributed by atoms with van der Waals surface area (Å²) in [5.74, 6) is 1.85. The summed E-state index contributed by atoms with van der Waals surface area (Å²) in [6.45, 7) is 3.72. The van der Waals surface area contributed by atoms with Gasteiger partial charge in [-0.05, 0) is 30.4 Å². The summed E-state index contributed by atoms with van der Waals surface area (Å²) in [5.41, 5.74) is 1.21. The van der Waals surface area contributed by atoms with E-state index in [0.29, 0.717) is 5.54 Å². The number of piperidine rings is 1. The second-order valence-electron chi connectivity index (χ2n) is 7.47. The van der Waals surface area contributed by atoms with E-state index in [9.17, 15) is 0 Å². The van der Waals surface area contributed by atoms with E-state index in [-0.39, 0.29) is 6.29 Å². The maximum atomic E-state index is 6.24. The van der Waals surface area contributed by atoms with Crippen molar-refractivity contribution < 1.29 is 5.32 Å². The van der Waals surface area contributed by atoms with Crippen molar-refractivity contribution in [3.63, 3.8) is 0 Å². The predicted octanol–water partition coefficient (Wildman–Crippen LogP) is 0.884. The molecule has 0 radical (unpaired) electrons. The highest BCUT2D eigenvalue weighted by Crippen LogP contribution is 2.58. The van der Waals surface area contributed by atoms with Crippen LogP contribution in [0.3, 0.4) is 0 Å². The van der Waals surface area contributed by atoms with Crippen LogP contribution in [0.25, 0.3) is 10.2 Å². The number of nitrogens with two attached hydrogens (primary N) is 1. The van der Waals surface area contributed by atoms with Crippen molar-refractivity contribution in [3.8, 4) is 0 Å². The molecule has 6 atom stereocenters. The number of nitrogens with zero attached hydrogens (tertiary/aromatic N) is 2. The van der Waals surface area contributed by atoms with Gasteiger partial charge in [0.15, 0.2) is 5.13 Å². The van der Waals surface area contributed by atoms with Crippen LogP contribution in [-0.4, -0.2) is 47.4 Å². The average Bonchev–Trinajstić information content (AvgIpc) is 3.39. The van der Waals surface area contributed by atoms with Gasteiger partial charge in [0.2, 0.25) is 6.29 Å². The molecule has 4 heterocycles. The number of quaternary nitrogens is 1. The van der Waals surface area contributed by atoms with Gasteiger partial charge in [-0.25, -0.2) is 10.3 Å². The topological polar surface area (TPSA) is 56.6 Å². The Morgan fingerprint density at radius 3 is 3.35 bits per heavy atom. The standard InChI is InChI=1S/C16H18ClN5S/c17-10-2-1-3-12-13(10)19-15(23-12)20-14-18-6-16(21-14)7-22-5-11(22)8-4-9(8)16/h1-3,8-9,11,14,18,21H,4-7H2,(H,19,20)/p+1. The predicted molar refractivity (Wildman–Crippen MR) is 91.7 cm³/mol. The van der Waals surface area contributed by atoms with E-state index in [4.69, 9.17) is 11.6 Å². The Balaban J connectivity index is 1.23. The fraction of sp³-hybridized carbons (Fsp3) is 0.562. The van der Waals surface area contributed by atoms with Crippen LogP contribution in [0, 0.1) is 11.8 Å². The molecule has 1 saturated carbocycles. The lowest BCUT2D eigenvalue weighted by Gasteiger charge is -2.31. The summed E-state index contributed by atoms with van der Waals surface area (Å²) >= 11 is 7.91. The Kier molecular flexibility index (Phi) is 2.54. The van der Waals surface area contributed by atoms with E-state index in [1.165, 1.54) is 26.1 Å². The van der Waals surface area contributed by atoms with Crippen molar-refractivity contribution in [2.75, 3.05) is 25.0 Å². The highest BCUT2D eigenvalue weighted by Gasteiger charge is 2.68. The molecular formula is C16H19ClN5S+. The molecule has 0 amide bonds. The highest BCUT2D eigenvalue weighted by molar-refractivity contribution is 7.22. The van der Waals surface area contributed by atoms with Crippen LogP contribution in [0.4, 0.5) is 5.13 Å². The van der Waals surface area contributed by atoms with E-state index in [0.717, 1.165) is 38.2 Å². The third-order valence-electron chi connectivity index (χ3n) is 6.10. The molecule has 4 fully saturated rings. The number of aromatic nitrogens is 1. The Morgan fingerprint density at radius 2 is 2.43 bits per heavy atom. The van der Waals surface area contributed by atoms with E-state index in [1.54, 1.807) is 11.3 Å². The number of hydrogen-bond donors (Lipinski definition) is 3. The lowest BCUT2D eigenvalue weighted by atomic mass is 9.90. The lowest BCUT2D eigenvalue weighted by Crippen LogP contribution is -2.90. The van der Waals surface area contributed by atoms with Crippen LogP contribution in [0.1, 0.15) is 6.42 Å². The quantitative estimate of drug-likeness (QED) is 0.705. The minimum absolute atomic E-state index is 0.215. The number of benzene rings is 1. The van der Waals surface area contributed by atoms with Crippen LogP contribution in [0.5, 0.6) is 0 Å². The van der Waals surface area contributed by atoms with Gasteiger partial charge in [0.25, 0.3) is 0 Å². The second kappa shape index (κ2) is 4.37. The summed E-state index contributed by atoms with van der Waals surface area (Å²) in [7, 11) is 0. The van der Waals surface area contributed by atoms with Crippen LogP contribution in [0.2, 0.25) is 5.02 Å². The zero-order valence-corrected chi connectivity index (χ0v) is 14.2. The van der Waals surface area contributed by atoms with Crippen LogP contribution < -0.4 is 16.0 Å². The average molecular weight is 349 g/mol. The summed E-state index contributed by atoms with van der Waals surface area (Å²) in [4.78, 5) is 7.31. The summed E-state index contributed by atoms with van der Waals surface area (Å²) < 4.78 is 1.14. The molecule has 2 aromatic rings. The third-order valence-corrected chi connectivity index (χ3v) is 7.35. The molecule has 1 spiro atoms. The Morgan fingerprint density at radius 1 is 1.48 bits per heavy atom. The first-order chi connectivity index (χ1) is 11.2. The zero-order chi connectivity index (χ0) is 15.2. The Labute approximate surface area is 143 Å². The Bertz CT molecular complexity index is 809. The van der Waals surface area contributed by atoms with Gasteiger partial charge >= 0.3 is 0 Å². The fourth-order valence-electron chi connectivity index (χ4n) is 4.87. The maximum Gasteiger partial charge on any atom is 0.219 e. The van der Waals surface area contributed by atoms with Crippen molar-refractivity contribution in [2.45, 2.75) is 24.3 Å². The van der Waals surface area contributed by atoms with Crippen LogP contribution >= 0.6 is 22.9 Å². The first kappa shape index (κ1) is 13.4. The third kappa shape index (κ3) is 1.93. The first-order valence-corrected chi connectivity index (χ1v) is 9.58. The highest BCUT2D eigenvalue weighted by atomic mass is 35.5. The number of hydrogen-bond acceptors (Lipinski definition) is 5. The SMILES string of the molecule is Clc1cccc2sc(NC3NC4(C[NH2+]3)CN3CC3C3CC34)nc12. The molecule has 7 heteroatoms. The monoisotopic (exact) mass is 348 g/mol. The normalized spacial score (nSPS) is 43.4. The summed E-state index contributed by atoms with van der Waals surface area (Å²) in [6.07, 6.45) is 1.64. The molecule has 1 aliphatic carbocycles. The summed E-state index contributed by atoms with van der Waals surface area (Å²) in [6, 6.07) is 6.88. The van der Waals surface area contributed by atoms with Crippen LogP contribution in [0.15, 0.2) is 18.2 Å². The molecule has 6 rings (SSSR count). The van der Waals surface area contributed by atoms with E-state index in [1.807, 2.05) is 12.1 Å². The van der Waals surface area contributed by atoms with Crippen molar-refractivity contribution in [2.24, 2.45) is 11.8 Å². The van der Waals surface area contributed by atoms with Gasteiger partial charge < -0.3 is 5.32 Å². The van der Waals surface area contributed by atoms with Crippen molar-refractivity contribution in [3.05, 3.63) is 23.2 Å². The van der Waals surface area contributed by atoms with Gasteiger partial charge in [-0.2, -0.15) is 0 Å². The fourth-order valence-corrected chi connectivity index (χ4v) is 6.07. The maximum absolute atomic E-state index is 6.24. The number of para-hydroxylation sites is 1. The second-order valence-corrected chi connectivity index (χ2v) is 8.91. The van der Waals surface area contributed by atoms with Crippen LogP contribution in [-0.2, 0) is 0 Å². The first-order valence-electron chi connectivity index (χ1n) is 8.39. The van der Waals surface area contributed by atoms with Gasteiger partial charge in [0.1, 0.15) is 5.52 Å². The molecule has 1 aromatic carbocycles. The number of halogens is 1. The van der Waals surface area contributed by atoms with E-state index >= 15 is 0 Å². The molecular weight excluding hydrogens is 330 g/mol. The Hall–Kier alpha value is -0.920. The molecule has 23 heavy (non-hydrogen) atoms.